The summed E-state index contributed by atoms with van der Waals surface area (Å²) in [6.45, 7) is 0. The first-order chi connectivity index (χ1) is 5.88. The van der Waals surface area contributed by atoms with Crippen molar-refractivity contribution in [2.75, 3.05) is 6.26 Å². The maximum Gasteiger partial charge on any atom is 0.455 e. The third kappa shape index (κ3) is 7.25. The van der Waals surface area contributed by atoms with Gasteiger partial charge in [0.05, 0.1) is 0 Å². The zero-order valence-corrected chi connectivity index (χ0v) is 7.39. The van der Waals surface area contributed by atoms with Crippen molar-refractivity contribution < 1.29 is 34.2 Å². The van der Waals surface area contributed by atoms with Gasteiger partial charge in [-0.25, -0.2) is 9.59 Å². The summed E-state index contributed by atoms with van der Waals surface area (Å²) in [5.74, 6) is -3.54. The number of rotatable bonds is 3. The summed E-state index contributed by atoms with van der Waals surface area (Å²) in [4.78, 5) is 19.5. The first-order valence-electron chi connectivity index (χ1n) is 2.86. The van der Waals surface area contributed by atoms with Crippen LogP contribution >= 0.6 is 0 Å². The predicted octanol–water partition coefficient (Wildman–Crippen LogP) is -2.08. The van der Waals surface area contributed by atoms with Crippen LogP contribution in [0.5, 0.6) is 0 Å². The molecule has 13 heavy (non-hydrogen) atoms. The van der Waals surface area contributed by atoms with E-state index in [2.05, 4.69) is 0 Å². The van der Waals surface area contributed by atoms with Crippen LogP contribution in [0.1, 0.15) is 0 Å². The quantitative estimate of drug-likeness (QED) is 0.395. The van der Waals surface area contributed by atoms with Gasteiger partial charge in [0, 0.05) is 4.21 Å². The van der Waals surface area contributed by atoms with Gasteiger partial charge in [-0.2, -0.15) is 0 Å². The number of aliphatic hydroxyl groups is 2. The van der Waals surface area contributed by atoms with Crippen molar-refractivity contribution in [3.05, 3.63) is 0 Å². The van der Waals surface area contributed by atoms with Crippen LogP contribution in [0.3, 0.4) is 0 Å². The van der Waals surface area contributed by atoms with Gasteiger partial charge >= 0.3 is 23.6 Å². The molecule has 0 saturated heterocycles. The highest BCUT2D eigenvalue weighted by atomic mass is 32.1. The van der Waals surface area contributed by atoms with E-state index in [-0.39, 0.29) is 0 Å². The average Bonchev–Trinajstić information content (AvgIpc) is 2.03. The van der Waals surface area contributed by atoms with Crippen LogP contribution in [-0.4, -0.2) is 50.8 Å². The number of aliphatic carboxylic acids is 2. The van der Waals surface area contributed by atoms with Crippen molar-refractivity contribution in [3.8, 4) is 0 Å². The van der Waals surface area contributed by atoms with Crippen LogP contribution in [0.15, 0.2) is 0 Å². The van der Waals surface area contributed by atoms with E-state index >= 15 is 0 Å². The molecule has 76 valence electrons. The molecule has 0 aromatic rings. The topological polar surface area (TPSA) is 132 Å². The Balaban J connectivity index is 0. The van der Waals surface area contributed by atoms with E-state index in [0.29, 0.717) is 11.7 Å². The van der Waals surface area contributed by atoms with E-state index in [1.807, 2.05) is 0 Å². The van der Waals surface area contributed by atoms with Crippen LogP contribution in [0.4, 0.5) is 0 Å². The Morgan fingerprint density at radius 3 is 1.31 bits per heavy atom. The van der Waals surface area contributed by atoms with E-state index < -0.39 is 24.1 Å². The lowest BCUT2D eigenvalue weighted by Crippen LogP contribution is -2.39. The van der Waals surface area contributed by atoms with Gasteiger partial charge in [0.25, 0.3) is 0 Å². The van der Waals surface area contributed by atoms with Gasteiger partial charge in [-0.15, -0.1) is 0 Å². The summed E-state index contributed by atoms with van der Waals surface area (Å²) in [5.41, 5.74) is 0. The molecule has 4 N–H and O–H groups in total. The molecule has 0 saturated carbocycles. The summed E-state index contributed by atoms with van der Waals surface area (Å²) in [6.07, 6.45) is -3.05. The third-order valence-electron chi connectivity index (χ3n) is 0.805. The van der Waals surface area contributed by atoms with Crippen LogP contribution < -0.4 is 0 Å². The van der Waals surface area contributed by atoms with E-state index in [0.717, 1.165) is 0 Å². The van der Waals surface area contributed by atoms with Crippen LogP contribution in [0.25, 0.3) is 0 Å². The largest absolute Gasteiger partial charge is 0.479 e. The molecule has 0 aromatic carbocycles. The minimum Gasteiger partial charge on any atom is -0.479 e. The predicted molar refractivity (Wildman–Crippen MR) is 41.3 cm³/mol. The molecule has 0 amide bonds. The first-order valence-corrected chi connectivity index (χ1v) is 4.01. The van der Waals surface area contributed by atoms with Crippen molar-refractivity contribution in [2.45, 2.75) is 12.2 Å². The van der Waals surface area contributed by atoms with E-state index in [1.165, 1.54) is 6.26 Å². The van der Waals surface area contributed by atoms with Crippen LogP contribution in [-0.2, 0) is 25.5 Å². The highest BCUT2D eigenvalue weighted by molar-refractivity contribution is 7.64. The highest BCUT2D eigenvalue weighted by Crippen LogP contribution is 1.92. The summed E-state index contributed by atoms with van der Waals surface area (Å²) < 4.78 is 8.85. The minimum atomic E-state index is -2.27. The van der Waals surface area contributed by atoms with Crippen molar-refractivity contribution in [2.24, 2.45) is 0 Å². The number of hydrogen-bond acceptors (Lipinski definition) is 5. The van der Waals surface area contributed by atoms with Crippen molar-refractivity contribution in [1.82, 2.24) is 0 Å². The fourth-order valence-corrected chi connectivity index (χ4v) is 0.270. The molecule has 0 aliphatic heterocycles. The monoisotopic (exact) mass is 213 g/mol. The molecule has 0 aromatic heterocycles. The fraction of sp³-hybridized carbons (Fsp3) is 0.600. The van der Waals surface area contributed by atoms with Crippen LogP contribution in [0, 0.1) is 0 Å². The van der Waals surface area contributed by atoms with Gasteiger partial charge in [-0.3, -0.25) is 0 Å². The summed E-state index contributed by atoms with van der Waals surface area (Å²) >= 11 is 0.500. The zero-order valence-electron chi connectivity index (χ0n) is 6.58. The Morgan fingerprint density at radius 1 is 1.08 bits per heavy atom. The molecule has 0 aliphatic carbocycles. The molecule has 8 heteroatoms. The van der Waals surface area contributed by atoms with E-state index in [1.54, 1.807) is 0 Å². The fourth-order valence-electron chi connectivity index (χ4n) is 0.270. The lowest BCUT2D eigenvalue weighted by molar-refractivity contribution is -0.165. The number of aliphatic hydroxyl groups excluding tert-OH is 2. The van der Waals surface area contributed by atoms with Crippen LogP contribution in [0.2, 0.25) is 0 Å². The second kappa shape index (κ2) is 7.53. The lowest BCUT2D eigenvalue weighted by Gasteiger charge is -2.07. The highest BCUT2D eigenvalue weighted by Gasteiger charge is 2.29. The second-order valence-electron chi connectivity index (χ2n) is 1.73. The van der Waals surface area contributed by atoms with E-state index in [9.17, 15) is 9.59 Å². The van der Waals surface area contributed by atoms with Gasteiger partial charge < -0.3 is 20.4 Å². The van der Waals surface area contributed by atoms with Gasteiger partial charge in [0.15, 0.2) is 12.2 Å². The molecule has 0 bridgehead atoms. The smallest absolute Gasteiger partial charge is 0.455 e. The van der Waals surface area contributed by atoms with Crippen molar-refractivity contribution in [3.63, 3.8) is 0 Å². The van der Waals surface area contributed by atoms with E-state index in [4.69, 9.17) is 24.6 Å². The van der Waals surface area contributed by atoms with Gasteiger partial charge in [0.1, 0.15) is 0 Å². The SMILES string of the molecule is C[S+]=O.O=C(O)C(O)C(O)C(=O)O. The lowest BCUT2D eigenvalue weighted by atomic mass is 10.2. The average molecular weight is 213 g/mol. The maximum absolute atomic E-state index is 9.77. The van der Waals surface area contributed by atoms with Crippen molar-refractivity contribution in [1.29, 1.82) is 0 Å². The standard InChI is InChI=1S/C4H6O6.CH3OS/c5-1(3(7)8)2(6)4(9)10;1-3-2/h1-2,5-6H,(H,7,8)(H,9,10);1H3/q;+1. The second-order valence-corrected chi connectivity index (χ2v) is 2.07. The zero-order chi connectivity index (χ0) is 11.0. The number of hydrogen-bond donors (Lipinski definition) is 4. The number of carboxylic acids is 2. The molecule has 0 radical (unpaired) electrons. The molecule has 0 spiro atoms. The van der Waals surface area contributed by atoms with Gasteiger partial charge in [0.2, 0.25) is 6.26 Å². The molecule has 2 atom stereocenters. The van der Waals surface area contributed by atoms with Gasteiger partial charge in [-0.05, 0) is 0 Å². The molecular weight excluding hydrogens is 204 g/mol. The first kappa shape index (κ1) is 14.4. The summed E-state index contributed by atoms with van der Waals surface area (Å²) in [5, 5.41) is 32.5. The van der Waals surface area contributed by atoms with Crippen molar-refractivity contribution >= 4 is 23.6 Å². The number of carboxylic acid groups (broad SMARTS) is 2. The third-order valence-corrected chi connectivity index (χ3v) is 0.805. The molecule has 0 heterocycles. The van der Waals surface area contributed by atoms with Gasteiger partial charge in [-0.1, -0.05) is 0 Å². The molecule has 7 nitrogen and oxygen atoms in total. The Labute approximate surface area is 77.1 Å². The normalized spacial score (nSPS) is 13.2. The Kier molecular flexibility index (Phi) is 8.34. The minimum absolute atomic E-state index is 0.500. The maximum atomic E-state index is 9.77. The Hall–Kier alpha value is -1.12. The molecular formula is C5H9O7S+. The molecule has 0 rings (SSSR count). The Bertz CT molecular complexity index is 173. The Morgan fingerprint density at radius 2 is 1.23 bits per heavy atom. The molecule has 0 fully saturated rings. The summed E-state index contributed by atoms with van der Waals surface area (Å²) in [6, 6.07) is 0. The summed E-state index contributed by atoms with van der Waals surface area (Å²) in [7, 11) is 0. The molecule has 2 unspecified atom stereocenters. The molecule has 0 aliphatic rings. The number of carbonyl (C=O) groups is 2.